The molecule has 24 heavy (non-hydrogen) atoms. The van der Waals surface area contributed by atoms with E-state index in [2.05, 4.69) is 37.9 Å². The van der Waals surface area contributed by atoms with Gasteiger partial charge in [-0.3, -0.25) is 14.5 Å². The van der Waals surface area contributed by atoms with E-state index in [-0.39, 0.29) is 30.8 Å². The lowest BCUT2D eigenvalue weighted by atomic mass is 9.85. The van der Waals surface area contributed by atoms with Gasteiger partial charge >= 0.3 is 0 Å². The van der Waals surface area contributed by atoms with Crippen LogP contribution in [0.2, 0.25) is 0 Å². The first-order valence-electron chi connectivity index (χ1n) is 9.22. The minimum absolute atomic E-state index is 0. The van der Waals surface area contributed by atoms with Crippen molar-refractivity contribution in [2.24, 2.45) is 5.92 Å². The molecule has 0 aromatic carbocycles. The predicted molar refractivity (Wildman–Crippen MR) is 99.3 cm³/mol. The topological polar surface area (TPSA) is 52.7 Å². The van der Waals surface area contributed by atoms with Gasteiger partial charge in [-0.2, -0.15) is 0 Å². The fourth-order valence-corrected chi connectivity index (χ4v) is 4.22. The number of nitrogens with zero attached hydrogens (tertiary/aromatic N) is 2. The summed E-state index contributed by atoms with van der Waals surface area (Å²) in [5, 5.41) is 2.99. The van der Waals surface area contributed by atoms with E-state index in [1.54, 1.807) is 0 Å². The Morgan fingerprint density at radius 2 is 1.83 bits per heavy atom. The smallest absolute Gasteiger partial charge is 0.239 e. The summed E-state index contributed by atoms with van der Waals surface area (Å²) >= 11 is 0. The van der Waals surface area contributed by atoms with E-state index in [9.17, 15) is 9.59 Å². The van der Waals surface area contributed by atoms with Gasteiger partial charge in [0.25, 0.3) is 0 Å². The Balaban J connectivity index is 0.00000288. The van der Waals surface area contributed by atoms with Crippen LogP contribution < -0.4 is 5.32 Å². The molecule has 0 spiro atoms. The van der Waals surface area contributed by atoms with E-state index in [0.29, 0.717) is 37.0 Å². The Bertz CT molecular complexity index is 420. The van der Waals surface area contributed by atoms with Crippen LogP contribution in [0, 0.1) is 5.92 Å². The van der Waals surface area contributed by atoms with Gasteiger partial charge in [-0.1, -0.05) is 12.8 Å². The molecule has 2 unspecified atom stereocenters. The number of hydrogen-bond acceptors (Lipinski definition) is 3. The van der Waals surface area contributed by atoms with E-state index in [1.807, 2.05) is 4.90 Å². The SMILES string of the molecule is CC(C)N(CCNC(=O)CN1C(=O)CC2CCCCC21)C(C)C.Cl. The second-order valence-electron chi connectivity index (χ2n) is 7.61. The van der Waals surface area contributed by atoms with E-state index < -0.39 is 0 Å². The summed E-state index contributed by atoms with van der Waals surface area (Å²) in [6.45, 7) is 10.4. The van der Waals surface area contributed by atoms with Crippen LogP contribution in [0.3, 0.4) is 0 Å². The molecule has 2 rings (SSSR count). The Morgan fingerprint density at radius 1 is 1.21 bits per heavy atom. The minimum atomic E-state index is -0.0166. The van der Waals surface area contributed by atoms with Gasteiger partial charge in [-0.15, -0.1) is 12.4 Å². The first-order valence-corrected chi connectivity index (χ1v) is 9.22. The molecule has 1 N–H and O–H groups in total. The highest BCUT2D eigenvalue weighted by Crippen LogP contribution is 2.36. The summed E-state index contributed by atoms with van der Waals surface area (Å²) in [4.78, 5) is 28.6. The van der Waals surface area contributed by atoms with Crippen molar-refractivity contribution in [1.82, 2.24) is 15.1 Å². The highest BCUT2D eigenvalue weighted by atomic mass is 35.5. The van der Waals surface area contributed by atoms with E-state index in [0.717, 1.165) is 19.4 Å². The fourth-order valence-electron chi connectivity index (χ4n) is 4.22. The average Bonchev–Trinajstić information content (AvgIpc) is 2.79. The molecule has 1 saturated heterocycles. The van der Waals surface area contributed by atoms with E-state index in [4.69, 9.17) is 0 Å². The third-order valence-corrected chi connectivity index (χ3v) is 5.36. The molecule has 0 aromatic rings. The molecular formula is C18H34ClN3O2. The van der Waals surface area contributed by atoms with Crippen LogP contribution in [0.5, 0.6) is 0 Å². The molecule has 2 atom stereocenters. The molecule has 2 amide bonds. The molecule has 1 heterocycles. The van der Waals surface area contributed by atoms with Gasteiger partial charge in [-0.25, -0.2) is 0 Å². The van der Waals surface area contributed by atoms with Crippen LogP contribution in [0.15, 0.2) is 0 Å². The minimum Gasteiger partial charge on any atom is -0.353 e. The third-order valence-electron chi connectivity index (χ3n) is 5.36. The average molecular weight is 360 g/mol. The van der Waals surface area contributed by atoms with Crippen molar-refractivity contribution in [2.45, 2.75) is 77.9 Å². The summed E-state index contributed by atoms with van der Waals surface area (Å²) in [5.41, 5.74) is 0. The Morgan fingerprint density at radius 3 is 2.46 bits per heavy atom. The Hall–Kier alpha value is -0.810. The van der Waals surface area contributed by atoms with Crippen LogP contribution in [0.25, 0.3) is 0 Å². The molecule has 1 aliphatic carbocycles. The molecule has 0 radical (unpaired) electrons. The monoisotopic (exact) mass is 359 g/mol. The molecule has 1 aliphatic heterocycles. The zero-order valence-electron chi connectivity index (χ0n) is 15.6. The molecule has 5 nitrogen and oxygen atoms in total. The van der Waals surface area contributed by atoms with Crippen LogP contribution in [-0.4, -0.2) is 59.4 Å². The zero-order valence-corrected chi connectivity index (χ0v) is 16.4. The van der Waals surface area contributed by atoms with Gasteiger partial charge in [-0.05, 0) is 46.5 Å². The summed E-state index contributed by atoms with van der Waals surface area (Å²) in [7, 11) is 0. The highest BCUT2D eigenvalue weighted by molar-refractivity contribution is 5.86. The quantitative estimate of drug-likeness (QED) is 0.759. The molecule has 6 heteroatoms. The van der Waals surface area contributed by atoms with Gasteiger partial charge < -0.3 is 10.2 Å². The van der Waals surface area contributed by atoms with E-state index in [1.165, 1.54) is 12.8 Å². The van der Waals surface area contributed by atoms with Crippen molar-refractivity contribution in [3.8, 4) is 0 Å². The standard InChI is InChI=1S/C18H33N3O2.ClH/c1-13(2)20(14(3)4)10-9-19-17(22)12-21-16-8-6-5-7-15(16)11-18(21)23;/h13-16H,5-12H2,1-4H3,(H,19,22);1H. The van der Waals surface area contributed by atoms with Crippen molar-refractivity contribution in [2.75, 3.05) is 19.6 Å². The highest BCUT2D eigenvalue weighted by Gasteiger charge is 2.41. The van der Waals surface area contributed by atoms with Crippen molar-refractivity contribution >= 4 is 24.2 Å². The number of nitrogens with one attached hydrogen (secondary N) is 1. The van der Waals surface area contributed by atoms with Gasteiger partial charge in [0.15, 0.2) is 0 Å². The maximum atomic E-state index is 12.2. The van der Waals surface area contributed by atoms with E-state index >= 15 is 0 Å². The Kier molecular flexibility index (Phi) is 8.51. The second-order valence-corrected chi connectivity index (χ2v) is 7.61. The van der Waals surface area contributed by atoms with Gasteiger partial charge in [0.2, 0.25) is 11.8 Å². The van der Waals surface area contributed by atoms with Crippen molar-refractivity contribution in [1.29, 1.82) is 0 Å². The molecule has 2 fully saturated rings. The number of rotatable bonds is 7. The zero-order chi connectivity index (χ0) is 17.0. The second kappa shape index (κ2) is 9.62. The van der Waals surface area contributed by atoms with Crippen molar-refractivity contribution in [3.05, 3.63) is 0 Å². The third kappa shape index (κ3) is 5.35. The number of hydrogen-bond donors (Lipinski definition) is 1. The largest absolute Gasteiger partial charge is 0.353 e. The maximum absolute atomic E-state index is 12.2. The normalized spacial score (nSPS) is 23.6. The molecule has 0 bridgehead atoms. The lowest BCUT2D eigenvalue weighted by Crippen LogP contribution is -2.46. The molecule has 0 aromatic heterocycles. The van der Waals surface area contributed by atoms with Crippen LogP contribution >= 0.6 is 12.4 Å². The molecule has 1 saturated carbocycles. The fraction of sp³-hybridized carbons (Fsp3) is 0.889. The van der Waals surface area contributed by atoms with Gasteiger partial charge in [0, 0.05) is 37.6 Å². The Labute approximate surface area is 152 Å². The first kappa shape index (κ1) is 21.2. The molecule has 2 aliphatic rings. The summed E-state index contributed by atoms with van der Waals surface area (Å²) in [6, 6.07) is 1.25. The molecule has 140 valence electrons. The number of likely N-dealkylation sites (tertiary alicyclic amines) is 1. The van der Waals surface area contributed by atoms with Crippen molar-refractivity contribution in [3.63, 3.8) is 0 Å². The van der Waals surface area contributed by atoms with Gasteiger partial charge in [0.05, 0.1) is 6.54 Å². The number of carbonyl (C=O) groups is 2. The number of carbonyl (C=O) groups excluding carboxylic acids is 2. The summed E-state index contributed by atoms with van der Waals surface area (Å²) in [5.74, 6) is 0.640. The molecular weight excluding hydrogens is 326 g/mol. The number of halogens is 1. The lowest BCUT2D eigenvalue weighted by molar-refractivity contribution is -0.134. The lowest BCUT2D eigenvalue weighted by Gasteiger charge is -2.32. The summed E-state index contributed by atoms with van der Waals surface area (Å²) in [6.07, 6.45) is 5.27. The van der Waals surface area contributed by atoms with Crippen LogP contribution in [0.1, 0.15) is 59.8 Å². The summed E-state index contributed by atoms with van der Waals surface area (Å²) < 4.78 is 0. The number of fused-ring (bicyclic) bond motifs is 1. The van der Waals surface area contributed by atoms with Crippen LogP contribution in [-0.2, 0) is 9.59 Å². The maximum Gasteiger partial charge on any atom is 0.239 e. The van der Waals surface area contributed by atoms with Crippen molar-refractivity contribution < 1.29 is 9.59 Å². The predicted octanol–water partition coefficient (Wildman–Crippen LogP) is 2.43. The first-order chi connectivity index (χ1) is 10.9. The number of amides is 2. The van der Waals surface area contributed by atoms with Crippen LogP contribution in [0.4, 0.5) is 0 Å². The van der Waals surface area contributed by atoms with Gasteiger partial charge in [0.1, 0.15) is 0 Å².